The fourth-order valence-corrected chi connectivity index (χ4v) is 1.17. The predicted octanol–water partition coefficient (Wildman–Crippen LogP) is 1.45. The Labute approximate surface area is 53.6 Å². The van der Waals surface area contributed by atoms with Gasteiger partial charge in [0, 0.05) is 0 Å². The lowest BCUT2D eigenvalue weighted by atomic mass is 9.71. The Kier molecular flexibility index (Phi) is 1.24. The molecular formula is C6H8N2O. The topological polar surface area (TPSA) is 53.2 Å². The minimum Gasteiger partial charge on any atom is -0.198 e. The van der Waals surface area contributed by atoms with Crippen LogP contribution < -0.4 is 0 Å². The highest BCUT2D eigenvalue weighted by Crippen LogP contribution is 2.39. The molecule has 0 atom stereocenters. The van der Waals surface area contributed by atoms with Crippen LogP contribution >= 0.6 is 0 Å². The van der Waals surface area contributed by atoms with Gasteiger partial charge in [0.1, 0.15) is 5.54 Å². The van der Waals surface area contributed by atoms with Crippen molar-refractivity contribution in [3.05, 3.63) is 4.91 Å². The molecule has 1 fully saturated rings. The average Bonchev–Trinajstić information content (AvgIpc) is 1.81. The Morgan fingerprint density at radius 3 is 2.67 bits per heavy atom. The third-order valence-corrected chi connectivity index (χ3v) is 1.78. The summed E-state index contributed by atoms with van der Waals surface area (Å²) in [6.07, 6.45) is 1.29. The van der Waals surface area contributed by atoms with Crippen molar-refractivity contribution >= 4 is 0 Å². The molecule has 3 heteroatoms. The summed E-state index contributed by atoms with van der Waals surface area (Å²) in [5.74, 6) is 0.0766. The van der Waals surface area contributed by atoms with Crippen molar-refractivity contribution in [1.82, 2.24) is 0 Å². The third kappa shape index (κ3) is 0.925. The van der Waals surface area contributed by atoms with Crippen LogP contribution in [0, 0.1) is 22.2 Å². The Balaban J connectivity index is 2.43. The van der Waals surface area contributed by atoms with Gasteiger partial charge in [-0.05, 0) is 19.8 Å². The molecule has 9 heavy (non-hydrogen) atoms. The van der Waals surface area contributed by atoms with E-state index in [0.717, 1.165) is 0 Å². The largest absolute Gasteiger partial charge is 0.198 e. The minimum absolute atomic E-state index is 0.0766. The first-order chi connectivity index (χ1) is 4.20. The van der Waals surface area contributed by atoms with Gasteiger partial charge in [0.15, 0.2) is 0 Å². The molecule has 0 spiro atoms. The first-order valence-corrected chi connectivity index (χ1v) is 2.94. The standard InChI is InChI=1S/C6H8N2O/c1-6(8-9)2-5(3-6)4-7/h5H,2-3H2,1H3. The Morgan fingerprint density at radius 1 is 1.78 bits per heavy atom. The molecule has 0 amide bonds. The summed E-state index contributed by atoms with van der Waals surface area (Å²) < 4.78 is 0. The number of nitroso groups, excluding NO2 is 1. The number of nitriles is 1. The second kappa shape index (κ2) is 1.80. The molecule has 0 unspecified atom stereocenters. The molecule has 0 aromatic carbocycles. The molecule has 0 radical (unpaired) electrons. The number of hydrogen-bond donors (Lipinski definition) is 0. The van der Waals surface area contributed by atoms with Crippen molar-refractivity contribution in [3.8, 4) is 6.07 Å². The summed E-state index contributed by atoms with van der Waals surface area (Å²) >= 11 is 0. The summed E-state index contributed by atoms with van der Waals surface area (Å²) in [6, 6.07) is 2.09. The van der Waals surface area contributed by atoms with Gasteiger partial charge >= 0.3 is 0 Å². The van der Waals surface area contributed by atoms with Crippen LogP contribution in [-0.4, -0.2) is 5.54 Å². The first-order valence-electron chi connectivity index (χ1n) is 2.94. The van der Waals surface area contributed by atoms with Gasteiger partial charge in [-0.15, -0.1) is 0 Å². The van der Waals surface area contributed by atoms with Gasteiger partial charge in [0.25, 0.3) is 0 Å². The summed E-state index contributed by atoms with van der Waals surface area (Å²) in [5, 5.41) is 11.2. The van der Waals surface area contributed by atoms with E-state index < -0.39 is 5.54 Å². The molecule has 0 bridgehead atoms. The van der Waals surface area contributed by atoms with Crippen molar-refractivity contribution in [2.45, 2.75) is 25.3 Å². The van der Waals surface area contributed by atoms with Crippen molar-refractivity contribution in [1.29, 1.82) is 5.26 Å². The predicted molar refractivity (Wildman–Crippen MR) is 32.5 cm³/mol. The Hall–Kier alpha value is -0.910. The molecule has 0 saturated heterocycles. The van der Waals surface area contributed by atoms with E-state index in [1.807, 2.05) is 0 Å². The highest BCUT2D eigenvalue weighted by molar-refractivity contribution is 5.05. The molecule has 0 aromatic rings. The fraction of sp³-hybridized carbons (Fsp3) is 0.833. The SMILES string of the molecule is CC1(N=O)CC(C#N)C1. The highest BCUT2D eigenvalue weighted by Gasteiger charge is 2.41. The molecule has 1 aliphatic carbocycles. The highest BCUT2D eigenvalue weighted by atomic mass is 16.3. The van der Waals surface area contributed by atoms with Crippen LogP contribution in [-0.2, 0) is 0 Å². The summed E-state index contributed by atoms with van der Waals surface area (Å²) in [5.41, 5.74) is -0.416. The van der Waals surface area contributed by atoms with Crippen molar-refractivity contribution in [3.63, 3.8) is 0 Å². The van der Waals surface area contributed by atoms with Gasteiger partial charge in [-0.1, -0.05) is 5.18 Å². The number of hydrogen-bond acceptors (Lipinski definition) is 3. The van der Waals surface area contributed by atoms with E-state index in [1.54, 1.807) is 6.92 Å². The van der Waals surface area contributed by atoms with E-state index in [2.05, 4.69) is 11.2 Å². The van der Waals surface area contributed by atoms with Crippen molar-refractivity contribution in [2.24, 2.45) is 11.1 Å². The maximum Gasteiger partial charge on any atom is 0.102 e. The van der Waals surface area contributed by atoms with Gasteiger partial charge in [-0.25, -0.2) is 0 Å². The van der Waals surface area contributed by atoms with E-state index in [-0.39, 0.29) is 5.92 Å². The van der Waals surface area contributed by atoms with Gasteiger partial charge in [-0.3, -0.25) is 0 Å². The lowest BCUT2D eigenvalue weighted by Gasteiger charge is -2.34. The lowest BCUT2D eigenvalue weighted by molar-refractivity contribution is 0.215. The second-order valence-corrected chi connectivity index (χ2v) is 2.82. The molecule has 0 N–H and O–H groups in total. The molecule has 0 aliphatic heterocycles. The van der Waals surface area contributed by atoms with Gasteiger partial charge < -0.3 is 0 Å². The molecule has 3 nitrogen and oxygen atoms in total. The van der Waals surface area contributed by atoms with Gasteiger partial charge in [-0.2, -0.15) is 10.2 Å². The maximum atomic E-state index is 10.0. The van der Waals surface area contributed by atoms with E-state index in [4.69, 9.17) is 5.26 Å². The molecule has 1 saturated carbocycles. The van der Waals surface area contributed by atoms with Crippen LogP contribution in [0.2, 0.25) is 0 Å². The van der Waals surface area contributed by atoms with Crippen molar-refractivity contribution < 1.29 is 0 Å². The normalized spacial score (nSPS) is 40.7. The van der Waals surface area contributed by atoms with Crippen LogP contribution in [0.5, 0.6) is 0 Å². The molecule has 48 valence electrons. The molecule has 1 aliphatic rings. The van der Waals surface area contributed by atoms with Gasteiger partial charge in [0.2, 0.25) is 0 Å². The van der Waals surface area contributed by atoms with Gasteiger partial charge in [0.05, 0.1) is 12.0 Å². The number of rotatable bonds is 1. The molecular weight excluding hydrogens is 116 g/mol. The quantitative estimate of drug-likeness (QED) is 0.496. The van der Waals surface area contributed by atoms with Crippen LogP contribution in [0.3, 0.4) is 0 Å². The second-order valence-electron chi connectivity index (χ2n) is 2.82. The minimum atomic E-state index is -0.416. The molecule has 0 heterocycles. The monoisotopic (exact) mass is 124 g/mol. The average molecular weight is 124 g/mol. The van der Waals surface area contributed by atoms with Crippen LogP contribution in [0.4, 0.5) is 0 Å². The summed E-state index contributed by atoms with van der Waals surface area (Å²) in [4.78, 5) is 10.0. The van der Waals surface area contributed by atoms with E-state index >= 15 is 0 Å². The van der Waals surface area contributed by atoms with E-state index in [1.165, 1.54) is 0 Å². The van der Waals surface area contributed by atoms with E-state index in [0.29, 0.717) is 12.8 Å². The zero-order valence-corrected chi connectivity index (χ0v) is 5.29. The zero-order valence-electron chi connectivity index (χ0n) is 5.29. The summed E-state index contributed by atoms with van der Waals surface area (Å²) in [6.45, 7) is 1.79. The Bertz CT molecular complexity index is 164. The van der Waals surface area contributed by atoms with Crippen LogP contribution in [0.25, 0.3) is 0 Å². The first kappa shape index (κ1) is 6.21. The molecule has 1 rings (SSSR count). The summed E-state index contributed by atoms with van der Waals surface area (Å²) in [7, 11) is 0. The maximum absolute atomic E-state index is 10.0. The lowest BCUT2D eigenvalue weighted by Crippen LogP contribution is -2.37. The number of nitrogens with zero attached hydrogens (tertiary/aromatic N) is 2. The Morgan fingerprint density at radius 2 is 2.33 bits per heavy atom. The fourth-order valence-electron chi connectivity index (χ4n) is 1.17. The smallest absolute Gasteiger partial charge is 0.102 e. The van der Waals surface area contributed by atoms with Crippen molar-refractivity contribution in [2.75, 3.05) is 0 Å². The zero-order chi connectivity index (χ0) is 6.91. The van der Waals surface area contributed by atoms with Crippen LogP contribution in [0.15, 0.2) is 5.18 Å². The molecule has 0 aromatic heterocycles. The third-order valence-electron chi connectivity index (χ3n) is 1.78. The van der Waals surface area contributed by atoms with E-state index in [9.17, 15) is 4.91 Å². The van der Waals surface area contributed by atoms with Crippen LogP contribution in [0.1, 0.15) is 19.8 Å².